The predicted octanol–water partition coefficient (Wildman–Crippen LogP) is 2.76. The van der Waals surface area contributed by atoms with Crippen LogP contribution in [0.15, 0.2) is 35.7 Å². The monoisotopic (exact) mass is 303 g/mol. The fourth-order valence-electron chi connectivity index (χ4n) is 2.19. The van der Waals surface area contributed by atoms with Crippen molar-refractivity contribution in [2.45, 2.75) is 26.4 Å². The van der Waals surface area contributed by atoms with Gasteiger partial charge in [0.2, 0.25) is 5.91 Å². The van der Waals surface area contributed by atoms with Gasteiger partial charge in [0.25, 0.3) is 0 Å². The highest BCUT2D eigenvalue weighted by molar-refractivity contribution is 7.09. The molecule has 2 aromatic rings. The molecule has 0 fully saturated rings. The number of carbonyl (C=O) groups excluding carboxylic acids is 1. The largest absolute Gasteiger partial charge is 0.349 e. The van der Waals surface area contributed by atoms with Crippen LogP contribution in [0.2, 0.25) is 0 Å². The zero-order chi connectivity index (χ0) is 15.2. The Kier molecular flexibility index (Phi) is 5.47. The Bertz CT molecular complexity index is 582. The van der Waals surface area contributed by atoms with Crippen molar-refractivity contribution >= 4 is 17.2 Å². The second-order valence-electron chi connectivity index (χ2n) is 4.96. The predicted molar refractivity (Wildman–Crippen MR) is 86.2 cm³/mol. The molecule has 2 rings (SSSR count). The Morgan fingerprint density at radius 2 is 2.10 bits per heavy atom. The van der Waals surface area contributed by atoms with Gasteiger partial charge < -0.3 is 5.32 Å². The van der Waals surface area contributed by atoms with Gasteiger partial charge in [0.15, 0.2) is 0 Å². The standard InChI is InChI=1S/C16H21N3OS/c1-4-19(3)15(13-8-6-5-7-9-13)16(20)17-10-14-11-21-12(2)18-14/h5-9,11,15H,4,10H2,1-3H3,(H,17,20)/t15-/m1/s1. The highest BCUT2D eigenvalue weighted by Gasteiger charge is 2.23. The first-order valence-corrected chi connectivity index (χ1v) is 7.93. The van der Waals surface area contributed by atoms with Gasteiger partial charge in [-0.1, -0.05) is 37.3 Å². The minimum absolute atomic E-state index is 0.0104. The molecular weight excluding hydrogens is 282 g/mol. The van der Waals surface area contributed by atoms with Crippen LogP contribution in [0, 0.1) is 6.92 Å². The number of amides is 1. The smallest absolute Gasteiger partial charge is 0.242 e. The minimum Gasteiger partial charge on any atom is -0.349 e. The molecule has 0 saturated heterocycles. The second kappa shape index (κ2) is 7.33. The average molecular weight is 303 g/mol. The van der Waals surface area contributed by atoms with E-state index in [2.05, 4.69) is 10.3 Å². The molecule has 0 bridgehead atoms. The highest BCUT2D eigenvalue weighted by atomic mass is 32.1. The number of rotatable bonds is 6. The van der Waals surface area contributed by atoms with Crippen LogP contribution in [-0.4, -0.2) is 29.4 Å². The van der Waals surface area contributed by atoms with E-state index in [0.717, 1.165) is 22.8 Å². The summed E-state index contributed by atoms with van der Waals surface area (Å²) in [5, 5.41) is 5.99. The summed E-state index contributed by atoms with van der Waals surface area (Å²) in [7, 11) is 1.96. The molecule has 0 unspecified atom stereocenters. The summed E-state index contributed by atoms with van der Waals surface area (Å²) in [6.07, 6.45) is 0. The molecule has 1 atom stereocenters. The lowest BCUT2D eigenvalue weighted by atomic mass is 10.0. The van der Waals surface area contributed by atoms with E-state index < -0.39 is 0 Å². The van der Waals surface area contributed by atoms with Crippen LogP contribution in [0.4, 0.5) is 0 Å². The van der Waals surface area contributed by atoms with Crippen molar-refractivity contribution in [2.75, 3.05) is 13.6 Å². The molecule has 1 aromatic carbocycles. The van der Waals surface area contributed by atoms with Gasteiger partial charge in [-0.25, -0.2) is 4.98 Å². The molecule has 0 aliphatic heterocycles. The second-order valence-corrected chi connectivity index (χ2v) is 6.02. The molecule has 1 N–H and O–H groups in total. The molecule has 0 aliphatic carbocycles. The quantitative estimate of drug-likeness (QED) is 0.892. The number of likely N-dealkylation sites (N-methyl/N-ethyl adjacent to an activating group) is 1. The van der Waals surface area contributed by atoms with E-state index in [1.165, 1.54) is 0 Å². The van der Waals surface area contributed by atoms with Crippen molar-refractivity contribution in [3.05, 3.63) is 52.0 Å². The fraction of sp³-hybridized carbons (Fsp3) is 0.375. The third-order valence-corrected chi connectivity index (χ3v) is 4.24. The SMILES string of the molecule is CCN(C)[C@@H](C(=O)NCc1csc(C)n1)c1ccccc1. The number of nitrogens with one attached hydrogen (secondary N) is 1. The van der Waals surface area contributed by atoms with Crippen molar-refractivity contribution in [1.82, 2.24) is 15.2 Å². The minimum atomic E-state index is -0.268. The van der Waals surface area contributed by atoms with Crippen LogP contribution in [0.25, 0.3) is 0 Å². The molecule has 1 amide bonds. The molecule has 1 aromatic heterocycles. The van der Waals surface area contributed by atoms with Gasteiger partial charge in [0.1, 0.15) is 6.04 Å². The molecule has 0 saturated carbocycles. The topological polar surface area (TPSA) is 45.2 Å². The summed E-state index contributed by atoms with van der Waals surface area (Å²) in [4.78, 5) is 19.0. The summed E-state index contributed by atoms with van der Waals surface area (Å²) in [6.45, 7) is 5.30. The van der Waals surface area contributed by atoms with Crippen LogP contribution < -0.4 is 5.32 Å². The number of carbonyl (C=O) groups is 1. The molecule has 5 heteroatoms. The van der Waals surface area contributed by atoms with Gasteiger partial charge in [-0.15, -0.1) is 11.3 Å². The molecule has 0 aliphatic rings. The third-order valence-electron chi connectivity index (χ3n) is 3.41. The first-order valence-electron chi connectivity index (χ1n) is 7.05. The van der Waals surface area contributed by atoms with E-state index in [1.807, 2.05) is 61.5 Å². The molecular formula is C16H21N3OS. The van der Waals surface area contributed by atoms with E-state index >= 15 is 0 Å². The molecule has 4 nitrogen and oxygen atoms in total. The Labute approximate surface area is 129 Å². The molecule has 0 spiro atoms. The maximum atomic E-state index is 12.5. The Hall–Kier alpha value is -1.72. The van der Waals surface area contributed by atoms with Crippen molar-refractivity contribution < 1.29 is 4.79 Å². The summed E-state index contributed by atoms with van der Waals surface area (Å²) in [6, 6.07) is 9.59. The Morgan fingerprint density at radius 3 is 2.67 bits per heavy atom. The number of thiazole rings is 1. The van der Waals surface area contributed by atoms with Crippen LogP contribution in [0.1, 0.15) is 29.2 Å². The van der Waals surface area contributed by atoms with Crippen molar-refractivity contribution in [3.8, 4) is 0 Å². The van der Waals surface area contributed by atoms with Crippen LogP contribution >= 0.6 is 11.3 Å². The maximum Gasteiger partial charge on any atom is 0.242 e. The number of aryl methyl sites for hydroxylation is 1. The van der Waals surface area contributed by atoms with Crippen LogP contribution in [-0.2, 0) is 11.3 Å². The first kappa shape index (κ1) is 15.7. The lowest BCUT2D eigenvalue weighted by molar-refractivity contribution is -0.126. The summed E-state index contributed by atoms with van der Waals surface area (Å²) >= 11 is 1.60. The van der Waals surface area contributed by atoms with Gasteiger partial charge in [-0.3, -0.25) is 9.69 Å². The lowest BCUT2D eigenvalue weighted by Gasteiger charge is -2.26. The fourth-order valence-corrected chi connectivity index (χ4v) is 2.80. The van der Waals surface area contributed by atoms with Gasteiger partial charge in [-0.05, 0) is 26.1 Å². The lowest BCUT2D eigenvalue weighted by Crippen LogP contribution is -2.38. The molecule has 1 heterocycles. The van der Waals surface area contributed by atoms with Crippen molar-refractivity contribution in [1.29, 1.82) is 0 Å². The first-order chi connectivity index (χ1) is 10.1. The zero-order valence-corrected chi connectivity index (χ0v) is 13.5. The van der Waals surface area contributed by atoms with Crippen LogP contribution in [0.5, 0.6) is 0 Å². The zero-order valence-electron chi connectivity index (χ0n) is 12.7. The molecule has 0 radical (unpaired) electrons. The Morgan fingerprint density at radius 1 is 1.38 bits per heavy atom. The molecule has 21 heavy (non-hydrogen) atoms. The van der Waals surface area contributed by atoms with E-state index in [-0.39, 0.29) is 11.9 Å². The Balaban J connectivity index is 2.08. The summed E-state index contributed by atoms with van der Waals surface area (Å²) in [5.74, 6) is 0.0104. The van der Waals surface area contributed by atoms with Gasteiger partial charge >= 0.3 is 0 Å². The average Bonchev–Trinajstić information content (AvgIpc) is 2.92. The summed E-state index contributed by atoms with van der Waals surface area (Å²) < 4.78 is 0. The van der Waals surface area contributed by atoms with Gasteiger partial charge in [0.05, 0.1) is 17.2 Å². The van der Waals surface area contributed by atoms with Gasteiger partial charge in [-0.2, -0.15) is 0 Å². The van der Waals surface area contributed by atoms with E-state index in [0.29, 0.717) is 6.54 Å². The maximum absolute atomic E-state index is 12.5. The van der Waals surface area contributed by atoms with E-state index in [4.69, 9.17) is 0 Å². The van der Waals surface area contributed by atoms with E-state index in [9.17, 15) is 4.79 Å². The number of benzene rings is 1. The van der Waals surface area contributed by atoms with Crippen molar-refractivity contribution in [2.24, 2.45) is 0 Å². The normalized spacial score (nSPS) is 12.4. The van der Waals surface area contributed by atoms with Crippen LogP contribution in [0.3, 0.4) is 0 Å². The molecule has 112 valence electrons. The highest BCUT2D eigenvalue weighted by Crippen LogP contribution is 2.19. The number of nitrogens with zero attached hydrogens (tertiary/aromatic N) is 2. The van der Waals surface area contributed by atoms with Gasteiger partial charge in [0, 0.05) is 5.38 Å². The van der Waals surface area contributed by atoms with E-state index in [1.54, 1.807) is 11.3 Å². The number of hydrogen-bond donors (Lipinski definition) is 1. The summed E-state index contributed by atoms with van der Waals surface area (Å²) in [5.41, 5.74) is 1.92. The third kappa shape index (κ3) is 4.12. The number of hydrogen-bond acceptors (Lipinski definition) is 4. The van der Waals surface area contributed by atoms with Crippen molar-refractivity contribution in [3.63, 3.8) is 0 Å². The number of aromatic nitrogens is 1.